The van der Waals surface area contributed by atoms with Crippen LogP contribution >= 0.6 is 0 Å². The van der Waals surface area contributed by atoms with Gasteiger partial charge in [-0.15, -0.1) is 0 Å². The molecule has 0 unspecified atom stereocenters. The summed E-state index contributed by atoms with van der Waals surface area (Å²) in [5.74, 6) is -2.67. The van der Waals surface area contributed by atoms with Gasteiger partial charge in [-0.1, -0.05) is 13.3 Å². The van der Waals surface area contributed by atoms with E-state index in [0.717, 1.165) is 31.4 Å². The normalized spacial score (nSPS) is 18.1. The summed E-state index contributed by atoms with van der Waals surface area (Å²) >= 11 is 0. The number of benzene rings is 1. The summed E-state index contributed by atoms with van der Waals surface area (Å²) in [5.41, 5.74) is 5.12. The average molecular weight is 290 g/mol. The van der Waals surface area contributed by atoms with Crippen LogP contribution < -0.4 is 10.5 Å². The van der Waals surface area contributed by atoms with E-state index >= 15 is 0 Å². The van der Waals surface area contributed by atoms with Crippen molar-refractivity contribution >= 4 is 15.7 Å². The van der Waals surface area contributed by atoms with Gasteiger partial charge < -0.3 is 5.73 Å². The zero-order chi connectivity index (χ0) is 14.3. The average Bonchev–Trinajstić information content (AvgIpc) is 2.28. The molecule has 0 radical (unpaired) electrons. The summed E-state index contributed by atoms with van der Waals surface area (Å²) in [6.07, 6.45) is 2.89. The summed E-state index contributed by atoms with van der Waals surface area (Å²) < 4.78 is 53.0. The first-order chi connectivity index (χ1) is 8.73. The molecule has 106 valence electrons. The SMILES string of the molecule is CC1(CNS(=O)(=O)c2cc(N)cc(F)c2F)CCC1. The van der Waals surface area contributed by atoms with Crippen molar-refractivity contribution in [1.82, 2.24) is 4.72 Å². The predicted molar refractivity (Wildman–Crippen MR) is 67.9 cm³/mol. The van der Waals surface area contributed by atoms with E-state index < -0.39 is 26.6 Å². The Morgan fingerprint density at radius 2 is 2.00 bits per heavy atom. The number of anilines is 1. The summed E-state index contributed by atoms with van der Waals surface area (Å²) in [4.78, 5) is -0.743. The predicted octanol–water partition coefficient (Wildman–Crippen LogP) is 2.02. The number of nitrogens with two attached hydrogens (primary N) is 1. The molecule has 1 aliphatic carbocycles. The van der Waals surface area contributed by atoms with Gasteiger partial charge in [0.25, 0.3) is 0 Å². The smallest absolute Gasteiger partial charge is 0.243 e. The number of nitrogens with one attached hydrogen (secondary N) is 1. The topological polar surface area (TPSA) is 72.2 Å². The van der Waals surface area contributed by atoms with Crippen LogP contribution in [-0.2, 0) is 10.0 Å². The van der Waals surface area contributed by atoms with Gasteiger partial charge in [-0.2, -0.15) is 0 Å². The Morgan fingerprint density at radius 1 is 1.37 bits per heavy atom. The van der Waals surface area contributed by atoms with Crippen LogP contribution in [0.5, 0.6) is 0 Å². The fraction of sp³-hybridized carbons (Fsp3) is 0.500. The quantitative estimate of drug-likeness (QED) is 0.833. The van der Waals surface area contributed by atoms with Crippen molar-refractivity contribution in [2.75, 3.05) is 12.3 Å². The molecule has 0 atom stereocenters. The molecular weight excluding hydrogens is 274 g/mol. The Bertz CT molecular complexity index is 598. The number of rotatable bonds is 4. The minimum atomic E-state index is -4.09. The molecule has 1 fully saturated rings. The van der Waals surface area contributed by atoms with Crippen molar-refractivity contribution in [3.63, 3.8) is 0 Å². The van der Waals surface area contributed by atoms with Gasteiger partial charge in [-0.25, -0.2) is 21.9 Å². The first-order valence-electron chi connectivity index (χ1n) is 5.98. The highest BCUT2D eigenvalue weighted by molar-refractivity contribution is 7.89. The van der Waals surface area contributed by atoms with E-state index in [4.69, 9.17) is 5.73 Å². The molecule has 1 aromatic carbocycles. The minimum Gasteiger partial charge on any atom is -0.399 e. The molecule has 0 spiro atoms. The van der Waals surface area contributed by atoms with E-state index in [1.807, 2.05) is 6.92 Å². The van der Waals surface area contributed by atoms with Gasteiger partial charge in [-0.3, -0.25) is 0 Å². The van der Waals surface area contributed by atoms with Crippen LogP contribution in [0.3, 0.4) is 0 Å². The van der Waals surface area contributed by atoms with Gasteiger partial charge in [0.2, 0.25) is 10.0 Å². The minimum absolute atomic E-state index is 0.0948. The second-order valence-electron chi connectivity index (χ2n) is 5.30. The number of hydrogen-bond acceptors (Lipinski definition) is 3. The molecule has 7 heteroatoms. The largest absolute Gasteiger partial charge is 0.399 e. The summed E-state index contributed by atoms with van der Waals surface area (Å²) in [7, 11) is -4.09. The van der Waals surface area contributed by atoms with Crippen molar-refractivity contribution in [2.24, 2.45) is 5.41 Å². The number of hydrogen-bond donors (Lipinski definition) is 2. The molecule has 2 rings (SSSR count). The highest BCUT2D eigenvalue weighted by Crippen LogP contribution is 2.39. The van der Waals surface area contributed by atoms with Crippen LogP contribution in [0.1, 0.15) is 26.2 Å². The van der Waals surface area contributed by atoms with Gasteiger partial charge in [-0.05, 0) is 30.4 Å². The van der Waals surface area contributed by atoms with E-state index in [2.05, 4.69) is 4.72 Å². The molecule has 0 amide bonds. The Balaban J connectivity index is 2.24. The summed E-state index contributed by atoms with van der Waals surface area (Å²) in [5, 5.41) is 0. The van der Waals surface area contributed by atoms with Crippen molar-refractivity contribution in [1.29, 1.82) is 0 Å². The Hall–Kier alpha value is -1.21. The van der Waals surface area contributed by atoms with E-state index in [1.54, 1.807) is 0 Å². The van der Waals surface area contributed by atoms with Crippen molar-refractivity contribution < 1.29 is 17.2 Å². The van der Waals surface area contributed by atoms with Crippen molar-refractivity contribution in [3.8, 4) is 0 Å². The maximum atomic E-state index is 13.5. The molecule has 0 heterocycles. The zero-order valence-electron chi connectivity index (χ0n) is 10.5. The Labute approximate surface area is 111 Å². The van der Waals surface area contributed by atoms with Gasteiger partial charge >= 0.3 is 0 Å². The molecule has 3 N–H and O–H groups in total. The van der Waals surface area contributed by atoms with Gasteiger partial charge in [0, 0.05) is 12.2 Å². The van der Waals surface area contributed by atoms with E-state index in [1.165, 1.54) is 0 Å². The van der Waals surface area contributed by atoms with E-state index in [-0.39, 0.29) is 17.6 Å². The third-order valence-corrected chi connectivity index (χ3v) is 4.96. The highest BCUT2D eigenvalue weighted by atomic mass is 32.2. The number of sulfonamides is 1. The van der Waals surface area contributed by atoms with Crippen LogP contribution in [0.2, 0.25) is 0 Å². The molecule has 1 saturated carbocycles. The molecular formula is C12H16F2N2O2S. The Kier molecular flexibility index (Phi) is 3.53. The van der Waals surface area contributed by atoms with Gasteiger partial charge in [0.05, 0.1) is 0 Å². The van der Waals surface area contributed by atoms with Crippen LogP contribution in [0.4, 0.5) is 14.5 Å². The molecule has 1 aromatic rings. The monoisotopic (exact) mass is 290 g/mol. The highest BCUT2D eigenvalue weighted by Gasteiger charge is 2.33. The lowest BCUT2D eigenvalue weighted by atomic mass is 9.71. The lowest BCUT2D eigenvalue weighted by molar-refractivity contribution is 0.166. The zero-order valence-corrected chi connectivity index (χ0v) is 11.4. The molecule has 1 aliphatic rings. The summed E-state index contributed by atoms with van der Waals surface area (Å²) in [6.45, 7) is 2.17. The standard InChI is InChI=1S/C12H16F2N2O2S/c1-12(3-2-4-12)7-16-19(17,18)10-6-8(15)5-9(13)11(10)14/h5-6,16H,2-4,7,15H2,1H3. The maximum Gasteiger partial charge on any atom is 0.243 e. The number of nitrogen functional groups attached to an aromatic ring is 1. The molecule has 0 bridgehead atoms. The fourth-order valence-electron chi connectivity index (χ4n) is 2.08. The third kappa shape index (κ3) is 2.87. The van der Waals surface area contributed by atoms with Crippen LogP contribution in [0.15, 0.2) is 17.0 Å². The Morgan fingerprint density at radius 3 is 2.53 bits per heavy atom. The second kappa shape index (κ2) is 4.72. The molecule has 0 aliphatic heterocycles. The first-order valence-corrected chi connectivity index (χ1v) is 7.46. The maximum absolute atomic E-state index is 13.5. The third-order valence-electron chi connectivity index (χ3n) is 3.56. The molecule has 0 saturated heterocycles. The van der Waals surface area contributed by atoms with Gasteiger partial charge in [0.15, 0.2) is 11.6 Å². The van der Waals surface area contributed by atoms with Crippen molar-refractivity contribution in [3.05, 3.63) is 23.8 Å². The second-order valence-corrected chi connectivity index (χ2v) is 7.04. The fourth-order valence-corrected chi connectivity index (χ4v) is 3.40. The summed E-state index contributed by atoms with van der Waals surface area (Å²) in [6, 6.07) is 1.67. The van der Waals surface area contributed by atoms with Gasteiger partial charge in [0.1, 0.15) is 4.90 Å². The lowest BCUT2D eigenvalue weighted by Gasteiger charge is -2.38. The van der Waals surface area contributed by atoms with Crippen LogP contribution in [-0.4, -0.2) is 15.0 Å². The molecule has 4 nitrogen and oxygen atoms in total. The van der Waals surface area contributed by atoms with Crippen LogP contribution in [0, 0.1) is 17.0 Å². The first kappa shape index (κ1) is 14.2. The van der Waals surface area contributed by atoms with E-state index in [0.29, 0.717) is 0 Å². The van der Waals surface area contributed by atoms with E-state index in [9.17, 15) is 17.2 Å². The lowest BCUT2D eigenvalue weighted by Crippen LogP contribution is -2.40. The van der Waals surface area contributed by atoms with Crippen molar-refractivity contribution in [2.45, 2.75) is 31.1 Å². The number of halogens is 2. The van der Waals surface area contributed by atoms with Crippen LogP contribution in [0.25, 0.3) is 0 Å². The molecule has 19 heavy (non-hydrogen) atoms. The molecule has 0 aromatic heterocycles.